The summed E-state index contributed by atoms with van der Waals surface area (Å²) in [6, 6.07) is 5.56. The van der Waals surface area contributed by atoms with E-state index < -0.39 is 0 Å². The van der Waals surface area contributed by atoms with Crippen LogP contribution in [-0.4, -0.2) is 53.1 Å². The van der Waals surface area contributed by atoms with Crippen LogP contribution < -0.4 is 4.90 Å². The van der Waals surface area contributed by atoms with Crippen LogP contribution in [0, 0.1) is 5.82 Å². The molecular weight excluding hydrogens is 293 g/mol. The van der Waals surface area contributed by atoms with Gasteiger partial charge in [-0.25, -0.2) is 9.37 Å². The van der Waals surface area contributed by atoms with Gasteiger partial charge in [-0.1, -0.05) is 0 Å². The molecular formula is C17H18FN5. The number of fused-ring (bicyclic) bond motifs is 1. The van der Waals surface area contributed by atoms with E-state index in [9.17, 15) is 4.39 Å². The van der Waals surface area contributed by atoms with Crippen molar-refractivity contribution in [2.75, 3.05) is 38.1 Å². The summed E-state index contributed by atoms with van der Waals surface area (Å²) in [7, 11) is 2.14. The zero-order valence-corrected chi connectivity index (χ0v) is 13.0. The molecule has 5 nitrogen and oxygen atoms in total. The standard InChI is InChI=1S/C17H18FN5/c1-22-4-6-23(7-5-22)13-2-3-16(19-10-13)15-11-21-17-14(15)8-12(18)9-20-17/h2-3,8-11H,4-7H2,1H3,(H,20,21). The highest BCUT2D eigenvalue weighted by atomic mass is 19.1. The van der Waals surface area contributed by atoms with E-state index in [0.29, 0.717) is 5.65 Å². The van der Waals surface area contributed by atoms with Crippen molar-refractivity contribution in [2.24, 2.45) is 0 Å². The molecule has 0 atom stereocenters. The van der Waals surface area contributed by atoms with Gasteiger partial charge in [0, 0.05) is 43.3 Å². The van der Waals surface area contributed by atoms with Gasteiger partial charge in [0.15, 0.2) is 0 Å². The number of aromatic nitrogens is 3. The van der Waals surface area contributed by atoms with Crippen LogP contribution in [0.15, 0.2) is 36.8 Å². The molecule has 0 saturated carbocycles. The molecule has 1 saturated heterocycles. The monoisotopic (exact) mass is 311 g/mol. The molecule has 118 valence electrons. The molecule has 0 spiro atoms. The molecule has 4 rings (SSSR count). The fourth-order valence-corrected chi connectivity index (χ4v) is 2.99. The van der Waals surface area contributed by atoms with Gasteiger partial charge in [-0.2, -0.15) is 0 Å². The highest BCUT2D eigenvalue weighted by Gasteiger charge is 2.15. The number of halogens is 1. The molecule has 3 aromatic rings. The van der Waals surface area contributed by atoms with E-state index in [1.54, 1.807) is 0 Å². The second kappa shape index (κ2) is 5.62. The predicted octanol–water partition coefficient (Wildman–Crippen LogP) is 2.52. The summed E-state index contributed by atoms with van der Waals surface area (Å²) in [5, 5.41) is 0.754. The highest BCUT2D eigenvalue weighted by Crippen LogP contribution is 2.28. The zero-order chi connectivity index (χ0) is 15.8. The Labute approximate surface area is 133 Å². The number of anilines is 1. The Hall–Kier alpha value is -2.47. The van der Waals surface area contributed by atoms with Crippen molar-refractivity contribution in [2.45, 2.75) is 0 Å². The minimum Gasteiger partial charge on any atom is -0.368 e. The number of hydrogen-bond acceptors (Lipinski definition) is 4. The molecule has 6 heteroatoms. The normalized spacial score (nSPS) is 16.2. The van der Waals surface area contributed by atoms with E-state index in [-0.39, 0.29) is 5.82 Å². The lowest BCUT2D eigenvalue weighted by molar-refractivity contribution is 0.313. The first-order valence-electron chi connectivity index (χ1n) is 7.73. The average molecular weight is 311 g/mol. The van der Waals surface area contributed by atoms with Gasteiger partial charge in [0.05, 0.1) is 23.8 Å². The predicted molar refractivity (Wildman–Crippen MR) is 89.0 cm³/mol. The van der Waals surface area contributed by atoms with Gasteiger partial charge in [-0.05, 0) is 25.2 Å². The fraction of sp³-hybridized carbons (Fsp3) is 0.294. The molecule has 0 aromatic carbocycles. The number of pyridine rings is 2. The molecule has 4 heterocycles. The lowest BCUT2D eigenvalue weighted by Crippen LogP contribution is -2.44. The minimum absolute atomic E-state index is 0.340. The van der Waals surface area contributed by atoms with Crippen molar-refractivity contribution in [3.05, 3.63) is 42.6 Å². The molecule has 1 aliphatic heterocycles. The number of nitrogens with one attached hydrogen (secondary N) is 1. The van der Waals surface area contributed by atoms with Gasteiger partial charge in [0.2, 0.25) is 0 Å². The Morgan fingerprint density at radius 1 is 1.09 bits per heavy atom. The fourth-order valence-electron chi connectivity index (χ4n) is 2.99. The molecule has 1 fully saturated rings. The SMILES string of the molecule is CN1CCN(c2ccc(-c3c[nH]c4ncc(F)cc34)nc2)CC1. The van der Waals surface area contributed by atoms with Crippen LogP contribution in [0.4, 0.5) is 10.1 Å². The van der Waals surface area contributed by atoms with Gasteiger partial charge < -0.3 is 14.8 Å². The van der Waals surface area contributed by atoms with Crippen LogP contribution in [0.5, 0.6) is 0 Å². The first-order valence-corrected chi connectivity index (χ1v) is 7.73. The van der Waals surface area contributed by atoms with Crippen LogP contribution in [0.1, 0.15) is 0 Å². The topological polar surface area (TPSA) is 48.0 Å². The summed E-state index contributed by atoms with van der Waals surface area (Å²) in [6.07, 6.45) is 4.94. The van der Waals surface area contributed by atoms with Crippen molar-refractivity contribution in [3.8, 4) is 11.3 Å². The summed E-state index contributed by atoms with van der Waals surface area (Å²) in [4.78, 5) is 16.4. The van der Waals surface area contributed by atoms with Crippen LogP contribution in [0.25, 0.3) is 22.3 Å². The van der Waals surface area contributed by atoms with E-state index in [0.717, 1.165) is 48.5 Å². The molecule has 0 unspecified atom stereocenters. The largest absolute Gasteiger partial charge is 0.368 e. The molecule has 3 aromatic heterocycles. The molecule has 0 amide bonds. The number of nitrogens with zero attached hydrogens (tertiary/aromatic N) is 4. The zero-order valence-electron chi connectivity index (χ0n) is 13.0. The second-order valence-corrected chi connectivity index (χ2v) is 5.94. The summed E-state index contributed by atoms with van der Waals surface area (Å²) >= 11 is 0. The maximum atomic E-state index is 13.4. The number of likely N-dealkylation sites (N-methyl/N-ethyl adjacent to an activating group) is 1. The Bertz CT molecular complexity index is 819. The smallest absolute Gasteiger partial charge is 0.142 e. The third kappa shape index (κ3) is 2.66. The van der Waals surface area contributed by atoms with Gasteiger partial charge >= 0.3 is 0 Å². The number of hydrogen-bond donors (Lipinski definition) is 1. The Kier molecular flexibility index (Phi) is 3.46. The summed E-state index contributed by atoms with van der Waals surface area (Å²) in [6.45, 7) is 4.16. The number of aromatic amines is 1. The summed E-state index contributed by atoms with van der Waals surface area (Å²) in [5.74, 6) is -0.340. The quantitative estimate of drug-likeness (QED) is 0.790. The van der Waals surface area contributed by atoms with Crippen molar-refractivity contribution < 1.29 is 4.39 Å². The third-order valence-corrected chi connectivity index (χ3v) is 4.39. The van der Waals surface area contributed by atoms with E-state index in [4.69, 9.17) is 0 Å². The minimum atomic E-state index is -0.340. The molecule has 0 bridgehead atoms. The van der Waals surface area contributed by atoms with E-state index in [1.807, 2.05) is 18.5 Å². The summed E-state index contributed by atoms with van der Waals surface area (Å²) in [5.41, 5.74) is 3.50. The number of H-pyrrole nitrogens is 1. The van der Waals surface area contributed by atoms with Crippen molar-refractivity contribution in [1.82, 2.24) is 19.9 Å². The molecule has 0 radical (unpaired) electrons. The highest BCUT2D eigenvalue weighted by molar-refractivity contribution is 5.92. The van der Waals surface area contributed by atoms with Gasteiger partial charge in [0.25, 0.3) is 0 Å². The summed E-state index contributed by atoms with van der Waals surface area (Å²) < 4.78 is 13.4. The lowest BCUT2D eigenvalue weighted by Gasteiger charge is -2.33. The maximum absolute atomic E-state index is 13.4. The molecule has 1 N–H and O–H groups in total. The molecule has 1 aliphatic rings. The second-order valence-electron chi connectivity index (χ2n) is 5.94. The van der Waals surface area contributed by atoms with E-state index >= 15 is 0 Å². The van der Waals surface area contributed by atoms with Gasteiger partial charge in [-0.15, -0.1) is 0 Å². The van der Waals surface area contributed by atoms with E-state index in [2.05, 4.69) is 37.9 Å². The van der Waals surface area contributed by atoms with Crippen molar-refractivity contribution >= 4 is 16.7 Å². The van der Waals surface area contributed by atoms with E-state index in [1.165, 1.54) is 12.3 Å². The Balaban J connectivity index is 1.63. The average Bonchev–Trinajstić information content (AvgIpc) is 2.99. The van der Waals surface area contributed by atoms with Gasteiger partial charge in [0.1, 0.15) is 11.5 Å². The Morgan fingerprint density at radius 2 is 1.91 bits per heavy atom. The third-order valence-electron chi connectivity index (χ3n) is 4.39. The van der Waals surface area contributed by atoms with Crippen LogP contribution in [0.3, 0.4) is 0 Å². The maximum Gasteiger partial charge on any atom is 0.142 e. The van der Waals surface area contributed by atoms with Crippen molar-refractivity contribution in [3.63, 3.8) is 0 Å². The molecule has 0 aliphatic carbocycles. The first-order chi connectivity index (χ1) is 11.2. The molecule has 23 heavy (non-hydrogen) atoms. The first kappa shape index (κ1) is 14.1. The van der Waals surface area contributed by atoms with Crippen LogP contribution in [0.2, 0.25) is 0 Å². The van der Waals surface area contributed by atoms with Crippen LogP contribution in [-0.2, 0) is 0 Å². The number of rotatable bonds is 2. The number of piperazine rings is 1. The van der Waals surface area contributed by atoms with Crippen molar-refractivity contribution in [1.29, 1.82) is 0 Å². The van der Waals surface area contributed by atoms with Gasteiger partial charge in [-0.3, -0.25) is 4.98 Å². The lowest BCUT2D eigenvalue weighted by atomic mass is 10.1. The van der Waals surface area contributed by atoms with Crippen LogP contribution >= 0.6 is 0 Å². The Morgan fingerprint density at radius 3 is 2.65 bits per heavy atom.